The van der Waals surface area contributed by atoms with Crippen molar-refractivity contribution in [2.24, 2.45) is 0 Å². The zero-order chi connectivity index (χ0) is 10.8. The molecule has 4 heteroatoms. The van der Waals surface area contributed by atoms with Gasteiger partial charge in [0, 0.05) is 18.8 Å². The molecular weight excluding hydrogens is 192 g/mol. The molecule has 2 rings (SSSR count). The fourth-order valence-corrected chi connectivity index (χ4v) is 1.66. The highest BCUT2D eigenvalue weighted by atomic mass is 16.3. The minimum atomic E-state index is -0.287. The van der Waals surface area contributed by atoms with Crippen molar-refractivity contribution in [1.29, 1.82) is 0 Å². The first kappa shape index (κ1) is 9.58. The van der Waals surface area contributed by atoms with Crippen LogP contribution in [0.3, 0.4) is 0 Å². The third-order valence-electron chi connectivity index (χ3n) is 2.29. The van der Waals surface area contributed by atoms with Gasteiger partial charge in [-0.1, -0.05) is 12.2 Å². The van der Waals surface area contributed by atoms with Gasteiger partial charge in [0.2, 0.25) is 5.88 Å². The van der Waals surface area contributed by atoms with Crippen LogP contribution in [0.4, 0.5) is 5.69 Å². The molecular formula is C11H12N2O2. The maximum Gasteiger partial charge on any atom is 0.251 e. The quantitative estimate of drug-likeness (QED) is 0.724. The van der Waals surface area contributed by atoms with Gasteiger partial charge in [-0.2, -0.15) is 0 Å². The lowest BCUT2D eigenvalue weighted by Gasteiger charge is -2.22. The summed E-state index contributed by atoms with van der Waals surface area (Å²) in [5, 5.41) is 9.67. The third-order valence-corrected chi connectivity index (χ3v) is 2.29. The standard InChI is InChI=1S/C11H12N2O2/c1-8-7-9(14)12-11(15)10(8)13-5-3-2-4-6-13/h2-5,7H,6H2,1H3,(H2,12,14,15). The molecule has 0 amide bonds. The van der Waals surface area contributed by atoms with E-state index in [0.717, 1.165) is 5.56 Å². The highest BCUT2D eigenvalue weighted by Gasteiger charge is 2.13. The number of allylic oxidation sites excluding steroid dienone is 2. The number of nitrogens with one attached hydrogen (secondary N) is 1. The number of anilines is 1. The second kappa shape index (κ2) is 3.65. The zero-order valence-electron chi connectivity index (χ0n) is 8.40. The van der Waals surface area contributed by atoms with E-state index in [9.17, 15) is 9.90 Å². The fraction of sp³-hybridized carbons (Fsp3) is 0.182. The number of nitrogens with zero attached hydrogens (tertiary/aromatic N) is 1. The van der Waals surface area contributed by atoms with Crippen LogP contribution >= 0.6 is 0 Å². The van der Waals surface area contributed by atoms with Crippen LogP contribution in [0.15, 0.2) is 35.3 Å². The van der Waals surface area contributed by atoms with E-state index in [-0.39, 0.29) is 11.4 Å². The topological polar surface area (TPSA) is 56.3 Å². The van der Waals surface area contributed by atoms with E-state index in [4.69, 9.17) is 0 Å². The van der Waals surface area contributed by atoms with E-state index in [2.05, 4.69) is 4.98 Å². The van der Waals surface area contributed by atoms with Crippen LogP contribution in [0.25, 0.3) is 0 Å². The van der Waals surface area contributed by atoms with Crippen LogP contribution in [0.2, 0.25) is 0 Å². The number of aromatic amines is 1. The SMILES string of the molecule is Cc1cc(=O)[nH]c(O)c1N1C=CC=CC1. The number of rotatable bonds is 1. The summed E-state index contributed by atoms with van der Waals surface area (Å²) in [5.74, 6) is -0.0834. The first-order chi connectivity index (χ1) is 7.18. The van der Waals surface area contributed by atoms with Gasteiger partial charge in [0.15, 0.2) is 0 Å². The van der Waals surface area contributed by atoms with Crippen LogP contribution in [0.1, 0.15) is 5.56 Å². The molecule has 0 fully saturated rings. The van der Waals surface area contributed by atoms with Crippen molar-refractivity contribution in [2.75, 3.05) is 11.4 Å². The number of pyridine rings is 1. The molecule has 15 heavy (non-hydrogen) atoms. The van der Waals surface area contributed by atoms with Crippen molar-refractivity contribution in [3.63, 3.8) is 0 Å². The highest BCUT2D eigenvalue weighted by Crippen LogP contribution is 2.28. The minimum Gasteiger partial charge on any atom is -0.493 e. The Morgan fingerprint density at radius 3 is 2.87 bits per heavy atom. The molecule has 78 valence electrons. The Kier molecular flexibility index (Phi) is 2.33. The molecule has 0 saturated carbocycles. The molecule has 4 nitrogen and oxygen atoms in total. The summed E-state index contributed by atoms with van der Waals surface area (Å²) in [6.45, 7) is 2.49. The molecule has 0 bridgehead atoms. The third kappa shape index (κ3) is 1.79. The summed E-state index contributed by atoms with van der Waals surface area (Å²) in [6.07, 6.45) is 7.66. The largest absolute Gasteiger partial charge is 0.493 e. The Balaban J connectivity index is 2.48. The van der Waals surface area contributed by atoms with Crippen molar-refractivity contribution >= 4 is 5.69 Å². The van der Waals surface area contributed by atoms with Gasteiger partial charge in [-0.25, -0.2) is 0 Å². The highest BCUT2D eigenvalue weighted by molar-refractivity contribution is 5.62. The minimum absolute atomic E-state index is 0.0834. The molecule has 1 aliphatic heterocycles. The summed E-state index contributed by atoms with van der Waals surface area (Å²) in [6, 6.07) is 1.47. The summed E-state index contributed by atoms with van der Waals surface area (Å²) >= 11 is 0. The van der Waals surface area contributed by atoms with Crippen molar-refractivity contribution < 1.29 is 5.11 Å². The smallest absolute Gasteiger partial charge is 0.251 e. The number of aromatic hydroxyl groups is 1. The van der Waals surface area contributed by atoms with Gasteiger partial charge < -0.3 is 10.0 Å². The van der Waals surface area contributed by atoms with Crippen molar-refractivity contribution in [2.45, 2.75) is 6.92 Å². The number of hydrogen-bond acceptors (Lipinski definition) is 3. The van der Waals surface area contributed by atoms with E-state index in [0.29, 0.717) is 12.2 Å². The van der Waals surface area contributed by atoms with Crippen LogP contribution in [-0.4, -0.2) is 16.6 Å². The molecule has 0 aromatic carbocycles. The predicted octanol–water partition coefficient (Wildman–Crippen LogP) is 1.28. The van der Waals surface area contributed by atoms with Crippen molar-refractivity contribution in [3.05, 3.63) is 46.4 Å². The van der Waals surface area contributed by atoms with Crippen LogP contribution in [-0.2, 0) is 0 Å². The molecule has 0 spiro atoms. The summed E-state index contributed by atoms with van der Waals surface area (Å²) in [5.41, 5.74) is 1.12. The normalized spacial score (nSPS) is 14.6. The van der Waals surface area contributed by atoms with E-state index in [1.165, 1.54) is 6.07 Å². The molecule has 1 aromatic rings. The van der Waals surface area contributed by atoms with Crippen LogP contribution < -0.4 is 10.5 Å². The fourth-order valence-electron chi connectivity index (χ4n) is 1.66. The molecule has 0 unspecified atom stereocenters. The Morgan fingerprint density at radius 1 is 1.47 bits per heavy atom. The Morgan fingerprint density at radius 2 is 2.27 bits per heavy atom. The maximum atomic E-state index is 11.1. The van der Waals surface area contributed by atoms with E-state index in [1.807, 2.05) is 29.3 Å². The second-order valence-corrected chi connectivity index (χ2v) is 3.44. The van der Waals surface area contributed by atoms with Gasteiger partial charge in [-0.3, -0.25) is 9.78 Å². The van der Waals surface area contributed by atoms with Gasteiger partial charge in [0.1, 0.15) is 5.69 Å². The lowest BCUT2D eigenvalue weighted by molar-refractivity contribution is 0.452. The predicted molar refractivity (Wildman–Crippen MR) is 59.1 cm³/mol. The summed E-state index contributed by atoms with van der Waals surface area (Å²) in [4.78, 5) is 15.3. The van der Waals surface area contributed by atoms with Gasteiger partial charge in [0.05, 0.1) is 0 Å². The molecule has 1 aliphatic rings. The van der Waals surface area contributed by atoms with Crippen molar-refractivity contribution in [3.8, 4) is 5.88 Å². The van der Waals surface area contributed by atoms with Gasteiger partial charge in [0.25, 0.3) is 5.56 Å². The maximum absolute atomic E-state index is 11.1. The molecule has 0 aliphatic carbocycles. The number of H-pyrrole nitrogens is 1. The van der Waals surface area contributed by atoms with Crippen LogP contribution in [0.5, 0.6) is 5.88 Å². The Labute approximate surface area is 87.2 Å². The monoisotopic (exact) mass is 204 g/mol. The molecule has 0 atom stereocenters. The molecule has 1 aromatic heterocycles. The number of aromatic nitrogens is 1. The van der Waals surface area contributed by atoms with Gasteiger partial charge in [-0.15, -0.1) is 0 Å². The average Bonchev–Trinajstić information content (AvgIpc) is 2.17. The molecule has 2 heterocycles. The summed E-state index contributed by atoms with van der Waals surface area (Å²) in [7, 11) is 0. The van der Waals surface area contributed by atoms with Crippen LogP contribution in [0, 0.1) is 6.92 Å². The average molecular weight is 204 g/mol. The molecule has 0 saturated heterocycles. The zero-order valence-corrected chi connectivity index (χ0v) is 8.40. The van der Waals surface area contributed by atoms with Gasteiger partial charge in [-0.05, 0) is 18.6 Å². The number of aryl methyl sites for hydroxylation is 1. The van der Waals surface area contributed by atoms with E-state index >= 15 is 0 Å². The van der Waals surface area contributed by atoms with Crippen molar-refractivity contribution in [1.82, 2.24) is 4.98 Å². The first-order valence-electron chi connectivity index (χ1n) is 4.71. The Hall–Kier alpha value is -1.97. The lowest BCUT2D eigenvalue weighted by Crippen LogP contribution is -2.20. The van der Waals surface area contributed by atoms with Gasteiger partial charge >= 0.3 is 0 Å². The second-order valence-electron chi connectivity index (χ2n) is 3.44. The summed E-state index contributed by atoms with van der Waals surface area (Å²) < 4.78 is 0. The molecule has 0 radical (unpaired) electrons. The first-order valence-corrected chi connectivity index (χ1v) is 4.71. The lowest BCUT2D eigenvalue weighted by atomic mass is 10.2. The Bertz CT molecular complexity index is 460. The van der Waals surface area contributed by atoms with E-state index < -0.39 is 0 Å². The van der Waals surface area contributed by atoms with E-state index in [1.54, 1.807) is 6.92 Å². The molecule has 2 N–H and O–H groups in total. The number of hydrogen-bond donors (Lipinski definition) is 2.